The van der Waals surface area contributed by atoms with E-state index in [1.807, 2.05) is 0 Å². The standard InChI is InChI=1S/C15H18ClNO4/c1-15(2,3)21-14(20)17-6-4-5-10-7-12(16)8-11(9-18)13(10)19/h4-5,7-9,19H,6H2,1-3H3,(H,17,20). The number of phenolic OH excluding ortho intramolecular Hbond substituents is 1. The number of hydrogen-bond acceptors (Lipinski definition) is 4. The number of carbonyl (C=O) groups excluding carboxylic acids is 2. The lowest BCUT2D eigenvalue weighted by molar-refractivity contribution is 0.0534. The van der Waals surface area contributed by atoms with Crippen molar-refractivity contribution in [3.05, 3.63) is 34.4 Å². The summed E-state index contributed by atoms with van der Waals surface area (Å²) in [5.74, 6) is -0.150. The zero-order chi connectivity index (χ0) is 16.0. The Labute approximate surface area is 128 Å². The number of aromatic hydroxyl groups is 1. The molecule has 0 unspecified atom stereocenters. The fraction of sp³-hybridized carbons (Fsp3) is 0.333. The van der Waals surface area contributed by atoms with E-state index in [2.05, 4.69) is 5.32 Å². The fourth-order valence-electron chi connectivity index (χ4n) is 1.50. The number of carbonyl (C=O) groups is 2. The monoisotopic (exact) mass is 311 g/mol. The molecule has 0 aromatic heterocycles. The van der Waals surface area contributed by atoms with E-state index in [9.17, 15) is 14.7 Å². The Balaban J connectivity index is 2.64. The first kappa shape index (κ1) is 17.0. The number of rotatable bonds is 4. The van der Waals surface area contributed by atoms with Crippen LogP contribution in [0.3, 0.4) is 0 Å². The number of aldehydes is 1. The van der Waals surface area contributed by atoms with E-state index in [0.29, 0.717) is 16.9 Å². The molecule has 2 N–H and O–H groups in total. The van der Waals surface area contributed by atoms with Gasteiger partial charge in [0.05, 0.1) is 5.56 Å². The Morgan fingerprint density at radius 3 is 2.57 bits per heavy atom. The van der Waals surface area contributed by atoms with Crippen LogP contribution in [-0.2, 0) is 4.74 Å². The molecule has 6 heteroatoms. The average Bonchev–Trinajstić information content (AvgIpc) is 2.35. The second-order valence-corrected chi connectivity index (χ2v) is 5.77. The topological polar surface area (TPSA) is 75.6 Å². The van der Waals surface area contributed by atoms with E-state index in [0.717, 1.165) is 0 Å². The molecule has 0 heterocycles. The van der Waals surface area contributed by atoms with Gasteiger partial charge in [-0.1, -0.05) is 23.8 Å². The highest BCUT2D eigenvalue weighted by Gasteiger charge is 2.15. The zero-order valence-electron chi connectivity index (χ0n) is 12.1. The van der Waals surface area contributed by atoms with E-state index in [-0.39, 0.29) is 17.9 Å². The van der Waals surface area contributed by atoms with Crippen LogP contribution in [0.5, 0.6) is 5.75 Å². The van der Waals surface area contributed by atoms with Crippen LogP contribution in [0.4, 0.5) is 4.79 Å². The van der Waals surface area contributed by atoms with Gasteiger partial charge in [-0.15, -0.1) is 0 Å². The first-order chi connectivity index (χ1) is 9.73. The summed E-state index contributed by atoms with van der Waals surface area (Å²) in [6, 6.07) is 2.90. The van der Waals surface area contributed by atoms with Crippen LogP contribution in [0.15, 0.2) is 18.2 Å². The summed E-state index contributed by atoms with van der Waals surface area (Å²) in [6.45, 7) is 5.53. The quantitative estimate of drug-likeness (QED) is 0.836. The van der Waals surface area contributed by atoms with Crippen LogP contribution in [0, 0.1) is 0 Å². The van der Waals surface area contributed by atoms with Gasteiger partial charge in [0.1, 0.15) is 11.4 Å². The van der Waals surface area contributed by atoms with Crippen LogP contribution >= 0.6 is 11.6 Å². The molecule has 1 aromatic rings. The maximum Gasteiger partial charge on any atom is 0.407 e. The van der Waals surface area contributed by atoms with Gasteiger partial charge in [-0.2, -0.15) is 0 Å². The normalized spacial score (nSPS) is 11.4. The number of benzene rings is 1. The fourth-order valence-corrected chi connectivity index (χ4v) is 1.74. The number of alkyl carbamates (subject to hydrolysis) is 1. The molecule has 0 fully saturated rings. The molecular formula is C15H18ClNO4. The molecule has 0 saturated carbocycles. The summed E-state index contributed by atoms with van der Waals surface area (Å²) in [5.41, 5.74) is -0.0458. The van der Waals surface area contributed by atoms with E-state index in [4.69, 9.17) is 16.3 Å². The predicted octanol–water partition coefficient (Wildman–Crippen LogP) is 3.40. The lowest BCUT2D eigenvalue weighted by atomic mass is 10.1. The highest BCUT2D eigenvalue weighted by Crippen LogP contribution is 2.26. The van der Waals surface area contributed by atoms with Gasteiger partial charge in [-0.05, 0) is 32.9 Å². The van der Waals surface area contributed by atoms with Crippen LogP contribution < -0.4 is 5.32 Å². The van der Waals surface area contributed by atoms with Gasteiger partial charge in [0.25, 0.3) is 0 Å². The molecule has 1 rings (SSSR count). The minimum absolute atomic E-state index is 0.113. The van der Waals surface area contributed by atoms with E-state index < -0.39 is 11.7 Å². The van der Waals surface area contributed by atoms with Crippen molar-refractivity contribution in [3.63, 3.8) is 0 Å². The van der Waals surface area contributed by atoms with Crippen molar-refractivity contribution in [3.8, 4) is 5.75 Å². The minimum atomic E-state index is -0.558. The molecule has 114 valence electrons. The van der Waals surface area contributed by atoms with E-state index in [1.165, 1.54) is 12.1 Å². The van der Waals surface area contributed by atoms with Crippen molar-refractivity contribution in [1.82, 2.24) is 5.32 Å². The molecule has 1 amide bonds. The summed E-state index contributed by atoms with van der Waals surface area (Å²) in [4.78, 5) is 22.2. The van der Waals surface area contributed by atoms with Crippen molar-refractivity contribution in [2.75, 3.05) is 6.54 Å². The van der Waals surface area contributed by atoms with Crippen LogP contribution in [0.2, 0.25) is 5.02 Å². The molecule has 21 heavy (non-hydrogen) atoms. The molecule has 0 aliphatic rings. The average molecular weight is 312 g/mol. The predicted molar refractivity (Wildman–Crippen MR) is 81.8 cm³/mol. The summed E-state index contributed by atoms with van der Waals surface area (Å²) in [6.07, 6.45) is 3.17. The van der Waals surface area contributed by atoms with Crippen molar-refractivity contribution in [2.24, 2.45) is 0 Å². The third-order valence-electron chi connectivity index (χ3n) is 2.32. The third-order valence-corrected chi connectivity index (χ3v) is 2.54. The number of halogens is 1. The summed E-state index contributed by atoms with van der Waals surface area (Å²) >= 11 is 5.84. The Morgan fingerprint density at radius 2 is 2.00 bits per heavy atom. The lowest BCUT2D eigenvalue weighted by Gasteiger charge is -2.19. The van der Waals surface area contributed by atoms with Crippen molar-refractivity contribution in [2.45, 2.75) is 26.4 Å². The molecular weight excluding hydrogens is 294 g/mol. The molecule has 0 saturated heterocycles. The highest BCUT2D eigenvalue weighted by molar-refractivity contribution is 6.31. The molecule has 1 aromatic carbocycles. The number of nitrogens with one attached hydrogen (secondary N) is 1. The summed E-state index contributed by atoms with van der Waals surface area (Å²) in [7, 11) is 0. The molecule has 0 atom stereocenters. The second-order valence-electron chi connectivity index (χ2n) is 5.34. The minimum Gasteiger partial charge on any atom is -0.507 e. The van der Waals surface area contributed by atoms with Crippen LogP contribution in [0.25, 0.3) is 6.08 Å². The first-order valence-electron chi connectivity index (χ1n) is 6.34. The van der Waals surface area contributed by atoms with Gasteiger partial charge in [-0.3, -0.25) is 4.79 Å². The molecule has 5 nitrogen and oxygen atoms in total. The second kappa shape index (κ2) is 7.13. The van der Waals surface area contributed by atoms with E-state index >= 15 is 0 Å². The first-order valence-corrected chi connectivity index (χ1v) is 6.72. The van der Waals surface area contributed by atoms with Gasteiger partial charge in [0.2, 0.25) is 0 Å². The third kappa shape index (κ3) is 5.87. The van der Waals surface area contributed by atoms with Gasteiger partial charge < -0.3 is 15.2 Å². The Hall–Kier alpha value is -2.01. The maximum atomic E-state index is 11.4. The highest BCUT2D eigenvalue weighted by atomic mass is 35.5. The SMILES string of the molecule is CC(C)(C)OC(=O)NCC=Cc1cc(Cl)cc(C=O)c1O. The molecule has 0 aliphatic carbocycles. The number of hydrogen-bond donors (Lipinski definition) is 2. The largest absolute Gasteiger partial charge is 0.507 e. The van der Waals surface area contributed by atoms with Crippen molar-refractivity contribution >= 4 is 30.1 Å². The Morgan fingerprint density at radius 1 is 1.38 bits per heavy atom. The van der Waals surface area contributed by atoms with Crippen LogP contribution in [0.1, 0.15) is 36.7 Å². The summed E-state index contributed by atoms with van der Waals surface area (Å²) in [5, 5.41) is 12.7. The molecule has 0 aliphatic heterocycles. The molecule has 0 radical (unpaired) electrons. The van der Waals surface area contributed by atoms with Gasteiger partial charge in [-0.25, -0.2) is 4.79 Å². The Kier molecular flexibility index (Phi) is 5.79. The van der Waals surface area contributed by atoms with Gasteiger partial charge in [0, 0.05) is 17.1 Å². The lowest BCUT2D eigenvalue weighted by Crippen LogP contribution is -2.32. The number of amides is 1. The number of ether oxygens (including phenoxy) is 1. The van der Waals surface area contributed by atoms with Crippen LogP contribution in [-0.4, -0.2) is 29.6 Å². The van der Waals surface area contributed by atoms with Gasteiger partial charge in [0.15, 0.2) is 6.29 Å². The van der Waals surface area contributed by atoms with Gasteiger partial charge >= 0.3 is 6.09 Å². The number of phenols is 1. The Bertz CT molecular complexity index is 562. The van der Waals surface area contributed by atoms with Crippen molar-refractivity contribution in [1.29, 1.82) is 0 Å². The summed E-state index contributed by atoms with van der Waals surface area (Å²) < 4.78 is 5.07. The smallest absolute Gasteiger partial charge is 0.407 e. The zero-order valence-corrected chi connectivity index (χ0v) is 12.9. The van der Waals surface area contributed by atoms with E-state index in [1.54, 1.807) is 32.9 Å². The maximum absolute atomic E-state index is 11.4. The molecule has 0 spiro atoms. The van der Waals surface area contributed by atoms with Crippen molar-refractivity contribution < 1.29 is 19.4 Å². The molecule has 0 bridgehead atoms.